The third-order valence-electron chi connectivity index (χ3n) is 13.9. The van der Waals surface area contributed by atoms with Crippen molar-refractivity contribution in [2.24, 2.45) is 0 Å². The lowest BCUT2D eigenvalue weighted by Crippen LogP contribution is -2.03. The Balaban J connectivity index is 1.35. The molecule has 0 atom stereocenters. The minimum Gasteiger partial charge on any atom is -0.507 e. The standard InChI is InChI=1S/C60H56O8/c1-29-9-37(10-30(2)53(29)61)41-17-45-25-47-19-42(38-11-31(3)54(62)32(4)12-38)21-49(58(47)66)27-51-23-44(40-15-35(7)56(64)36(8)16-40)24-52(60(51)68)28-50-22-43(39-13-33(5)55(63)34(6)14-39)20-48(59(50)67)26-46(18-41)57(45)65/h9-24,61-68H,25-28H2,1-8H3. The second kappa shape index (κ2) is 17.1. The van der Waals surface area contributed by atoms with E-state index in [0.717, 1.165) is 44.5 Å². The van der Waals surface area contributed by atoms with Gasteiger partial charge in [0.1, 0.15) is 46.0 Å². The molecule has 8 aromatic carbocycles. The molecule has 0 aromatic heterocycles. The smallest absolute Gasteiger partial charge is 0.122 e. The number of benzene rings is 8. The first-order chi connectivity index (χ1) is 32.2. The summed E-state index contributed by atoms with van der Waals surface area (Å²) in [6, 6.07) is 30.5. The van der Waals surface area contributed by atoms with E-state index in [1.807, 2.05) is 152 Å². The zero-order valence-corrected chi connectivity index (χ0v) is 39.6. The van der Waals surface area contributed by atoms with Gasteiger partial charge in [0, 0.05) is 25.7 Å². The molecule has 0 radical (unpaired) electrons. The van der Waals surface area contributed by atoms with Crippen LogP contribution in [0.25, 0.3) is 44.5 Å². The fourth-order valence-electron chi connectivity index (χ4n) is 10.1. The second-order valence-corrected chi connectivity index (χ2v) is 19.1. The minimum absolute atomic E-state index is 0.00501. The molecule has 8 heteroatoms. The fourth-order valence-corrected chi connectivity index (χ4v) is 10.1. The normalized spacial score (nSPS) is 12.4. The number of aromatic hydroxyl groups is 8. The number of rotatable bonds is 4. The maximum absolute atomic E-state index is 12.4. The van der Waals surface area contributed by atoms with Crippen molar-refractivity contribution in [3.8, 4) is 90.5 Å². The van der Waals surface area contributed by atoms with E-state index in [0.29, 0.717) is 89.0 Å². The summed E-state index contributed by atoms with van der Waals surface area (Å²) in [7, 11) is 0. The first kappa shape index (κ1) is 45.3. The molecule has 0 heterocycles. The largest absolute Gasteiger partial charge is 0.507 e. The van der Waals surface area contributed by atoms with E-state index in [4.69, 9.17) is 0 Å². The van der Waals surface area contributed by atoms with Gasteiger partial charge in [0.05, 0.1) is 0 Å². The van der Waals surface area contributed by atoms with Gasteiger partial charge in [0.15, 0.2) is 0 Å². The molecule has 68 heavy (non-hydrogen) atoms. The van der Waals surface area contributed by atoms with Crippen LogP contribution in [0.15, 0.2) is 97.1 Å². The predicted molar refractivity (Wildman–Crippen MR) is 270 cm³/mol. The van der Waals surface area contributed by atoms with Gasteiger partial charge in [-0.3, -0.25) is 0 Å². The topological polar surface area (TPSA) is 162 Å². The number of aryl methyl sites for hydroxylation is 8. The molecule has 0 saturated heterocycles. The highest BCUT2D eigenvalue weighted by Crippen LogP contribution is 2.45. The minimum atomic E-state index is 0.00501. The van der Waals surface area contributed by atoms with Gasteiger partial charge < -0.3 is 40.9 Å². The molecule has 8 bridgehead atoms. The quantitative estimate of drug-likeness (QED) is 0.0866. The van der Waals surface area contributed by atoms with Gasteiger partial charge in [-0.1, -0.05) is 0 Å². The Labute approximate surface area is 397 Å². The molecular formula is C60H56O8. The van der Waals surface area contributed by atoms with Crippen molar-refractivity contribution in [3.63, 3.8) is 0 Å². The zero-order valence-electron chi connectivity index (χ0n) is 39.6. The Bertz CT molecular complexity index is 2780. The monoisotopic (exact) mass is 904 g/mol. The van der Waals surface area contributed by atoms with E-state index in [2.05, 4.69) is 0 Å². The lowest BCUT2D eigenvalue weighted by molar-refractivity contribution is 0.450. The highest BCUT2D eigenvalue weighted by molar-refractivity contribution is 5.77. The SMILES string of the molecule is Cc1cc(-c2cc3c(O)c(c2)Cc2cc(-c4cc(C)c(O)c(C)c4)cc(c2O)Cc2cc(-c4cc(C)c(O)c(C)c4)cc(c2O)Cc2cc(-c4cc(C)c(O)c(C)c4)cc(c2O)C3)cc(C)c1O. The maximum atomic E-state index is 12.4. The molecule has 8 nitrogen and oxygen atoms in total. The average molecular weight is 905 g/mol. The molecular weight excluding hydrogens is 849 g/mol. The van der Waals surface area contributed by atoms with Gasteiger partial charge >= 0.3 is 0 Å². The summed E-state index contributed by atoms with van der Waals surface area (Å²) in [6.07, 6.45) is 0.381. The number of hydrogen-bond acceptors (Lipinski definition) is 8. The number of phenolic OH excluding ortho intramolecular Hbond substituents is 8. The van der Waals surface area contributed by atoms with Crippen LogP contribution in [0.5, 0.6) is 46.0 Å². The van der Waals surface area contributed by atoms with E-state index in [-0.39, 0.29) is 71.7 Å². The molecule has 9 rings (SSSR count). The lowest BCUT2D eigenvalue weighted by Gasteiger charge is -2.21. The average Bonchev–Trinajstić information content (AvgIpc) is 3.29. The molecule has 344 valence electrons. The summed E-state index contributed by atoms with van der Waals surface area (Å²) in [6.45, 7) is 14.8. The van der Waals surface area contributed by atoms with E-state index in [9.17, 15) is 40.9 Å². The van der Waals surface area contributed by atoms with Gasteiger partial charge in [0.25, 0.3) is 0 Å². The van der Waals surface area contributed by atoms with Crippen LogP contribution in [0.3, 0.4) is 0 Å². The molecule has 0 spiro atoms. The molecule has 0 amide bonds. The molecule has 0 aliphatic heterocycles. The van der Waals surface area contributed by atoms with Crippen LogP contribution >= 0.6 is 0 Å². The molecule has 1 aliphatic rings. The van der Waals surface area contributed by atoms with Crippen LogP contribution in [-0.4, -0.2) is 40.9 Å². The third kappa shape index (κ3) is 8.21. The Morgan fingerprint density at radius 1 is 0.191 bits per heavy atom. The van der Waals surface area contributed by atoms with Crippen molar-refractivity contribution in [2.75, 3.05) is 0 Å². The number of fused-ring (bicyclic) bond motifs is 8. The van der Waals surface area contributed by atoms with Crippen molar-refractivity contribution < 1.29 is 40.9 Å². The van der Waals surface area contributed by atoms with E-state index >= 15 is 0 Å². The molecule has 0 fully saturated rings. The van der Waals surface area contributed by atoms with Crippen molar-refractivity contribution >= 4 is 0 Å². The highest BCUT2D eigenvalue weighted by Gasteiger charge is 2.24. The maximum Gasteiger partial charge on any atom is 0.122 e. The molecule has 8 N–H and O–H groups in total. The van der Waals surface area contributed by atoms with Crippen LogP contribution in [-0.2, 0) is 25.7 Å². The molecule has 1 aliphatic carbocycles. The van der Waals surface area contributed by atoms with Gasteiger partial charge in [-0.25, -0.2) is 0 Å². The van der Waals surface area contributed by atoms with Crippen molar-refractivity contribution in [3.05, 3.63) is 186 Å². The van der Waals surface area contributed by atoms with Crippen LogP contribution in [0.4, 0.5) is 0 Å². The second-order valence-electron chi connectivity index (χ2n) is 19.1. The Kier molecular flexibility index (Phi) is 11.4. The van der Waals surface area contributed by atoms with Crippen LogP contribution in [0, 0.1) is 55.4 Å². The summed E-state index contributed by atoms with van der Waals surface area (Å²) < 4.78 is 0. The number of hydrogen-bond donors (Lipinski definition) is 8. The Morgan fingerprint density at radius 2 is 0.309 bits per heavy atom. The molecule has 8 aromatic rings. The third-order valence-corrected chi connectivity index (χ3v) is 13.9. The molecule has 0 saturated carbocycles. The van der Waals surface area contributed by atoms with Crippen molar-refractivity contribution in [2.45, 2.75) is 81.1 Å². The van der Waals surface area contributed by atoms with Gasteiger partial charge in [-0.2, -0.15) is 0 Å². The predicted octanol–water partition coefficient (Wildman–Crippen LogP) is 13.1. The van der Waals surface area contributed by atoms with E-state index in [1.165, 1.54) is 0 Å². The van der Waals surface area contributed by atoms with Gasteiger partial charge in [-0.05, 0) is 286 Å². The first-order valence-corrected chi connectivity index (χ1v) is 22.9. The Hall–Kier alpha value is -7.84. The fraction of sp³-hybridized carbons (Fsp3) is 0.200. The van der Waals surface area contributed by atoms with Crippen molar-refractivity contribution in [1.82, 2.24) is 0 Å². The zero-order chi connectivity index (χ0) is 48.6. The van der Waals surface area contributed by atoms with Crippen LogP contribution < -0.4 is 0 Å². The number of phenols is 8. The van der Waals surface area contributed by atoms with Gasteiger partial charge in [-0.15, -0.1) is 0 Å². The summed E-state index contributed by atoms with van der Waals surface area (Å²) >= 11 is 0. The first-order valence-electron chi connectivity index (χ1n) is 22.9. The van der Waals surface area contributed by atoms with E-state index < -0.39 is 0 Å². The summed E-state index contributed by atoms with van der Waals surface area (Å²) in [5, 5.41) is 92.8. The van der Waals surface area contributed by atoms with Gasteiger partial charge in [0.2, 0.25) is 0 Å². The lowest BCUT2D eigenvalue weighted by atomic mass is 9.85. The summed E-state index contributed by atoms with van der Waals surface area (Å²) in [5.41, 5.74) is 16.1. The van der Waals surface area contributed by atoms with Crippen LogP contribution in [0.2, 0.25) is 0 Å². The summed E-state index contributed by atoms with van der Waals surface area (Å²) in [5.74, 6) is 0.830. The summed E-state index contributed by atoms with van der Waals surface area (Å²) in [4.78, 5) is 0. The Morgan fingerprint density at radius 3 is 0.441 bits per heavy atom. The van der Waals surface area contributed by atoms with Crippen LogP contribution in [0.1, 0.15) is 89.0 Å². The van der Waals surface area contributed by atoms with E-state index in [1.54, 1.807) is 0 Å². The highest BCUT2D eigenvalue weighted by atomic mass is 16.3. The molecule has 0 unspecified atom stereocenters. The van der Waals surface area contributed by atoms with Crippen molar-refractivity contribution in [1.29, 1.82) is 0 Å².